The van der Waals surface area contributed by atoms with E-state index in [0.29, 0.717) is 28.5 Å². The predicted octanol–water partition coefficient (Wildman–Crippen LogP) is 4.01. The lowest BCUT2D eigenvalue weighted by Gasteiger charge is -2.09. The number of aromatic amines is 1. The fourth-order valence-electron chi connectivity index (χ4n) is 3.17. The van der Waals surface area contributed by atoms with Crippen LogP contribution in [0.25, 0.3) is 22.0 Å². The summed E-state index contributed by atoms with van der Waals surface area (Å²) in [4.78, 5) is 12.4. The van der Waals surface area contributed by atoms with Crippen LogP contribution < -0.4 is 14.9 Å². The monoisotopic (exact) mass is 400 g/mol. The summed E-state index contributed by atoms with van der Waals surface area (Å²) in [5.41, 5.74) is 5.09. The van der Waals surface area contributed by atoms with Crippen LogP contribution in [0, 0.1) is 0 Å². The number of methoxy groups -OCH3 is 2. The van der Waals surface area contributed by atoms with Gasteiger partial charge in [0.2, 0.25) is 0 Å². The van der Waals surface area contributed by atoms with E-state index in [9.17, 15) is 4.79 Å². The molecule has 30 heavy (non-hydrogen) atoms. The number of para-hydroxylation sites is 1. The van der Waals surface area contributed by atoms with Crippen LogP contribution in [-0.2, 0) is 0 Å². The van der Waals surface area contributed by atoms with Crippen molar-refractivity contribution in [2.75, 3.05) is 14.2 Å². The molecule has 3 aromatic carbocycles. The summed E-state index contributed by atoms with van der Waals surface area (Å²) in [6.07, 6.45) is 1.50. The summed E-state index contributed by atoms with van der Waals surface area (Å²) in [5.74, 6) is 0.729. The van der Waals surface area contributed by atoms with E-state index in [1.807, 2.05) is 48.5 Å². The number of nitrogens with one attached hydrogen (secondary N) is 2. The molecule has 150 valence electrons. The van der Waals surface area contributed by atoms with Gasteiger partial charge in [0.05, 0.1) is 26.1 Å². The second kappa shape index (κ2) is 8.48. The molecule has 1 aromatic heterocycles. The average Bonchev–Trinajstić information content (AvgIpc) is 3.29. The lowest BCUT2D eigenvalue weighted by molar-refractivity contribution is 0.0950. The van der Waals surface area contributed by atoms with Gasteiger partial charge in [-0.2, -0.15) is 10.2 Å². The van der Waals surface area contributed by atoms with Crippen molar-refractivity contribution >= 4 is 22.9 Å². The first-order valence-electron chi connectivity index (χ1n) is 9.28. The first kappa shape index (κ1) is 19.2. The van der Waals surface area contributed by atoms with Gasteiger partial charge in [-0.25, -0.2) is 5.43 Å². The van der Waals surface area contributed by atoms with Crippen LogP contribution in [0.3, 0.4) is 0 Å². The lowest BCUT2D eigenvalue weighted by Crippen LogP contribution is -2.18. The van der Waals surface area contributed by atoms with Crippen molar-refractivity contribution in [2.24, 2.45) is 5.10 Å². The van der Waals surface area contributed by atoms with Crippen LogP contribution in [0.5, 0.6) is 11.5 Å². The predicted molar refractivity (Wildman–Crippen MR) is 116 cm³/mol. The number of fused-ring (bicyclic) bond motifs is 1. The van der Waals surface area contributed by atoms with Gasteiger partial charge < -0.3 is 9.47 Å². The number of hydrazone groups is 1. The molecule has 4 aromatic rings. The molecule has 0 aliphatic rings. The topological polar surface area (TPSA) is 88.6 Å². The maximum atomic E-state index is 12.4. The van der Waals surface area contributed by atoms with Crippen molar-refractivity contribution in [3.63, 3.8) is 0 Å². The Bertz CT molecular complexity index is 1230. The Morgan fingerprint density at radius 1 is 1.00 bits per heavy atom. The molecule has 0 atom stereocenters. The third-order valence-corrected chi connectivity index (χ3v) is 4.67. The van der Waals surface area contributed by atoms with Crippen molar-refractivity contribution in [1.82, 2.24) is 15.6 Å². The zero-order valence-electron chi connectivity index (χ0n) is 16.5. The summed E-state index contributed by atoms with van der Waals surface area (Å²) >= 11 is 0. The molecule has 4 rings (SSSR count). The third-order valence-electron chi connectivity index (χ3n) is 4.67. The van der Waals surface area contributed by atoms with Gasteiger partial charge in [0.1, 0.15) is 5.69 Å². The number of carbonyl (C=O) groups is 1. The third kappa shape index (κ3) is 3.86. The van der Waals surface area contributed by atoms with Crippen LogP contribution in [0.1, 0.15) is 16.1 Å². The zero-order valence-corrected chi connectivity index (χ0v) is 16.5. The number of hydrogen-bond donors (Lipinski definition) is 2. The molecule has 0 aliphatic carbocycles. The van der Waals surface area contributed by atoms with Gasteiger partial charge in [-0.15, -0.1) is 0 Å². The van der Waals surface area contributed by atoms with E-state index < -0.39 is 5.91 Å². The molecule has 0 saturated carbocycles. The number of rotatable bonds is 6. The van der Waals surface area contributed by atoms with Crippen LogP contribution in [0.2, 0.25) is 0 Å². The second-order valence-electron chi connectivity index (χ2n) is 6.51. The summed E-state index contributed by atoms with van der Waals surface area (Å²) in [7, 11) is 3.11. The molecule has 0 saturated heterocycles. The highest BCUT2D eigenvalue weighted by molar-refractivity contribution is 5.95. The minimum Gasteiger partial charge on any atom is -0.493 e. The molecule has 0 aliphatic heterocycles. The number of carbonyl (C=O) groups excluding carboxylic acids is 1. The largest absolute Gasteiger partial charge is 0.493 e. The fraction of sp³-hybridized carbons (Fsp3) is 0.0870. The summed E-state index contributed by atoms with van der Waals surface area (Å²) in [6.45, 7) is 0. The van der Waals surface area contributed by atoms with Crippen molar-refractivity contribution in [1.29, 1.82) is 0 Å². The van der Waals surface area contributed by atoms with Gasteiger partial charge in [-0.3, -0.25) is 9.89 Å². The van der Waals surface area contributed by atoms with E-state index in [1.165, 1.54) is 6.21 Å². The molecule has 1 amide bonds. The Morgan fingerprint density at radius 2 is 1.83 bits per heavy atom. The summed E-state index contributed by atoms with van der Waals surface area (Å²) < 4.78 is 10.6. The number of ether oxygens (including phenoxy) is 2. The molecular weight excluding hydrogens is 380 g/mol. The molecule has 0 unspecified atom stereocenters. The molecule has 7 nitrogen and oxygen atoms in total. The maximum absolute atomic E-state index is 12.4. The molecule has 0 fully saturated rings. The smallest absolute Gasteiger partial charge is 0.289 e. The highest BCUT2D eigenvalue weighted by Crippen LogP contribution is 2.29. The highest BCUT2D eigenvalue weighted by Gasteiger charge is 2.11. The van der Waals surface area contributed by atoms with Crippen LogP contribution in [0.4, 0.5) is 0 Å². The van der Waals surface area contributed by atoms with E-state index in [1.54, 1.807) is 26.4 Å². The highest BCUT2D eigenvalue weighted by atomic mass is 16.5. The second-order valence-corrected chi connectivity index (χ2v) is 6.51. The SMILES string of the molecule is COc1cccc(/C=N\NC(=O)c2cc(-c3ccc4ccccc4c3)n[nH]2)c1OC. The molecule has 0 radical (unpaired) electrons. The zero-order chi connectivity index (χ0) is 20.9. The fourth-order valence-corrected chi connectivity index (χ4v) is 3.17. The minimum absolute atomic E-state index is 0.313. The molecule has 0 bridgehead atoms. The van der Waals surface area contributed by atoms with Crippen LogP contribution in [-0.4, -0.2) is 36.5 Å². The summed E-state index contributed by atoms with van der Waals surface area (Å²) in [6, 6.07) is 21.2. The quantitative estimate of drug-likeness (QED) is 0.378. The van der Waals surface area contributed by atoms with E-state index in [0.717, 1.165) is 16.3 Å². The lowest BCUT2D eigenvalue weighted by atomic mass is 10.1. The van der Waals surface area contributed by atoms with Gasteiger partial charge in [-0.1, -0.05) is 42.5 Å². The molecule has 0 spiro atoms. The molecule has 1 heterocycles. The molecular formula is C23H20N4O3. The van der Waals surface area contributed by atoms with E-state index >= 15 is 0 Å². The minimum atomic E-state index is -0.396. The number of benzene rings is 3. The number of amides is 1. The maximum Gasteiger partial charge on any atom is 0.289 e. The Balaban J connectivity index is 1.49. The Kier molecular flexibility index (Phi) is 5.43. The van der Waals surface area contributed by atoms with Gasteiger partial charge >= 0.3 is 0 Å². The van der Waals surface area contributed by atoms with Crippen molar-refractivity contribution in [3.8, 4) is 22.8 Å². The number of nitrogens with zero attached hydrogens (tertiary/aromatic N) is 2. The van der Waals surface area contributed by atoms with Gasteiger partial charge in [0, 0.05) is 11.1 Å². The Morgan fingerprint density at radius 3 is 2.63 bits per heavy atom. The number of H-pyrrole nitrogens is 1. The first-order chi connectivity index (χ1) is 14.7. The van der Waals surface area contributed by atoms with Crippen LogP contribution >= 0.6 is 0 Å². The average molecular weight is 400 g/mol. The van der Waals surface area contributed by atoms with Crippen LogP contribution in [0.15, 0.2) is 71.8 Å². The standard InChI is InChI=1S/C23H20N4O3/c1-29-21-9-5-8-18(22(21)30-2)14-24-27-23(28)20-13-19(25-26-20)17-11-10-15-6-3-4-7-16(15)12-17/h3-14H,1-2H3,(H,25,26)(H,27,28)/b24-14-. The number of aromatic nitrogens is 2. The Hall–Kier alpha value is -4.13. The number of hydrogen-bond acceptors (Lipinski definition) is 5. The summed E-state index contributed by atoms with van der Waals surface area (Å²) in [5, 5.41) is 13.3. The molecule has 2 N–H and O–H groups in total. The Labute approximate surface area is 173 Å². The van der Waals surface area contributed by atoms with Crippen molar-refractivity contribution in [2.45, 2.75) is 0 Å². The van der Waals surface area contributed by atoms with Crippen molar-refractivity contribution in [3.05, 3.63) is 78.0 Å². The van der Waals surface area contributed by atoms with Gasteiger partial charge in [0.25, 0.3) is 5.91 Å². The van der Waals surface area contributed by atoms with E-state index in [4.69, 9.17) is 9.47 Å². The van der Waals surface area contributed by atoms with Crippen molar-refractivity contribution < 1.29 is 14.3 Å². The first-order valence-corrected chi connectivity index (χ1v) is 9.28. The normalized spacial score (nSPS) is 11.0. The van der Waals surface area contributed by atoms with E-state index in [2.05, 4.69) is 26.8 Å². The van der Waals surface area contributed by atoms with E-state index in [-0.39, 0.29) is 0 Å². The molecule has 7 heteroatoms. The van der Waals surface area contributed by atoms with Gasteiger partial charge in [0.15, 0.2) is 11.5 Å². The van der Waals surface area contributed by atoms with Gasteiger partial charge in [-0.05, 0) is 35.0 Å².